The Morgan fingerprint density at radius 2 is 1.81 bits per heavy atom. The van der Waals surface area contributed by atoms with Crippen LogP contribution in [0.15, 0.2) is 42.5 Å². The lowest BCUT2D eigenvalue weighted by atomic mass is 10.2. The number of carbonyl (C=O) groups excluding carboxylic acids is 1. The first kappa shape index (κ1) is 19.0. The number of amides is 1. The van der Waals surface area contributed by atoms with Crippen molar-refractivity contribution in [1.29, 1.82) is 0 Å². The zero-order chi connectivity index (χ0) is 19.6. The summed E-state index contributed by atoms with van der Waals surface area (Å²) in [5, 5.41) is 2.77. The predicted octanol–water partition coefficient (Wildman–Crippen LogP) is 2.56. The quantitative estimate of drug-likeness (QED) is 0.848. The van der Waals surface area contributed by atoms with E-state index < -0.39 is 22.0 Å². The predicted molar refractivity (Wildman–Crippen MR) is 104 cm³/mol. The molecule has 0 aliphatic carbocycles. The van der Waals surface area contributed by atoms with Crippen molar-refractivity contribution < 1.29 is 22.7 Å². The van der Waals surface area contributed by atoms with Gasteiger partial charge in [0, 0.05) is 11.8 Å². The minimum Gasteiger partial charge on any atom is -0.486 e. The molecule has 1 atom stereocenters. The van der Waals surface area contributed by atoms with Crippen molar-refractivity contribution in [1.82, 2.24) is 0 Å². The maximum absolute atomic E-state index is 12.7. The fraction of sp³-hybridized carbons (Fsp3) is 0.316. The van der Waals surface area contributed by atoms with E-state index in [0.717, 1.165) is 16.1 Å². The highest BCUT2D eigenvalue weighted by Gasteiger charge is 2.30. The Hall–Kier alpha value is -2.74. The lowest BCUT2D eigenvalue weighted by Gasteiger charge is -2.29. The van der Waals surface area contributed by atoms with Gasteiger partial charge in [0.25, 0.3) is 0 Å². The summed E-state index contributed by atoms with van der Waals surface area (Å²) in [5.74, 6) is 0.579. The van der Waals surface area contributed by atoms with Gasteiger partial charge in [-0.1, -0.05) is 12.1 Å². The van der Waals surface area contributed by atoms with E-state index in [1.807, 2.05) is 25.1 Å². The second-order valence-electron chi connectivity index (χ2n) is 6.42. The van der Waals surface area contributed by atoms with E-state index in [4.69, 9.17) is 9.47 Å². The van der Waals surface area contributed by atoms with Crippen molar-refractivity contribution in [2.45, 2.75) is 19.9 Å². The number of nitrogens with zero attached hydrogens (tertiary/aromatic N) is 1. The van der Waals surface area contributed by atoms with Crippen LogP contribution in [0.1, 0.15) is 12.5 Å². The van der Waals surface area contributed by atoms with Crippen LogP contribution in [0.3, 0.4) is 0 Å². The molecule has 1 aliphatic rings. The van der Waals surface area contributed by atoms with E-state index in [9.17, 15) is 13.2 Å². The number of anilines is 2. The summed E-state index contributed by atoms with van der Waals surface area (Å²) in [7, 11) is -3.71. The number of ether oxygens (including phenoxy) is 2. The molecule has 144 valence electrons. The van der Waals surface area contributed by atoms with E-state index in [1.165, 1.54) is 0 Å². The third kappa shape index (κ3) is 4.33. The Morgan fingerprint density at radius 3 is 2.48 bits per heavy atom. The van der Waals surface area contributed by atoms with Crippen molar-refractivity contribution in [3.8, 4) is 11.5 Å². The minimum absolute atomic E-state index is 0.341. The lowest BCUT2D eigenvalue weighted by Crippen LogP contribution is -2.45. The highest BCUT2D eigenvalue weighted by Crippen LogP contribution is 2.35. The highest BCUT2D eigenvalue weighted by molar-refractivity contribution is 7.92. The third-order valence-corrected chi connectivity index (χ3v) is 5.40. The molecule has 1 aliphatic heterocycles. The molecule has 1 N–H and O–H groups in total. The molecule has 2 aromatic carbocycles. The second kappa shape index (κ2) is 7.48. The molecule has 1 amide bonds. The molecule has 0 fully saturated rings. The molecule has 0 unspecified atom stereocenters. The Bertz CT molecular complexity index is 958. The fourth-order valence-electron chi connectivity index (χ4n) is 2.95. The normalized spacial score (nSPS) is 14.3. The van der Waals surface area contributed by atoms with E-state index >= 15 is 0 Å². The molecular weight excluding hydrogens is 368 g/mol. The van der Waals surface area contributed by atoms with Gasteiger partial charge in [0.05, 0.1) is 11.9 Å². The summed E-state index contributed by atoms with van der Waals surface area (Å²) in [4.78, 5) is 12.7. The number of sulfonamides is 1. The summed E-state index contributed by atoms with van der Waals surface area (Å²) < 4.78 is 36.9. The lowest BCUT2D eigenvalue weighted by molar-refractivity contribution is -0.116. The van der Waals surface area contributed by atoms with Crippen LogP contribution >= 0.6 is 0 Å². The first-order valence-corrected chi connectivity index (χ1v) is 10.4. The molecule has 0 spiro atoms. The number of benzene rings is 2. The summed E-state index contributed by atoms with van der Waals surface area (Å²) in [5.41, 5.74) is 1.95. The van der Waals surface area contributed by atoms with Gasteiger partial charge in [-0.3, -0.25) is 9.10 Å². The molecular formula is C19H22N2O5S. The number of hydrogen-bond acceptors (Lipinski definition) is 5. The molecule has 0 radical (unpaired) electrons. The summed E-state index contributed by atoms with van der Waals surface area (Å²) in [6.45, 7) is 4.29. The average molecular weight is 390 g/mol. The number of carbonyl (C=O) groups is 1. The van der Waals surface area contributed by atoms with Gasteiger partial charge in [0.15, 0.2) is 11.5 Å². The molecule has 0 bridgehead atoms. The highest BCUT2D eigenvalue weighted by atomic mass is 32.2. The third-order valence-electron chi connectivity index (χ3n) is 4.15. The number of fused-ring (bicyclic) bond motifs is 1. The Balaban J connectivity index is 1.89. The molecule has 7 nitrogen and oxygen atoms in total. The average Bonchev–Trinajstić information content (AvgIpc) is 2.60. The fourth-order valence-corrected chi connectivity index (χ4v) is 4.11. The number of nitrogens with one attached hydrogen (secondary N) is 1. The second-order valence-corrected chi connectivity index (χ2v) is 8.28. The van der Waals surface area contributed by atoms with Gasteiger partial charge in [0.2, 0.25) is 15.9 Å². The van der Waals surface area contributed by atoms with Crippen molar-refractivity contribution in [3.63, 3.8) is 0 Å². The van der Waals surface area contributed by atoms with Crippen molar-refractivity contribution in [2.24, 2.45) is 0 Å². The first-order valence-electron chi connectivity index (χ1n) is 8.52. The Morgan fingerprint density at radius 1 is 1.11 bits per heavy atom. The van der Waals surface area contributed by atoms with Crippen LogP contribution in [-0.2, 0) is 14.8 Å². The zero-order valence-electron chi connectivity index (χ0n) is 15.4. The monoisotopic (exact) mass is 390 g/mol. The minimum atomic E-state index is -3.71. The molecule has 27 heavy (non-hydrogen) atoms. The molecule has 0 saturated heterocycles. The molecule has 0 saturated carbocycles. The Kier molecular flexibility index (Phi) is 5.27. The topological polar surface area (TPSA) is 84.9 Å². The number of rotatable bonds is 5. The van der Waals surface area contributed by atoms with Crippen LogP contribution in [0.25, 0.3) is 0 Å². The van der Waals surface area contributed by atoms with E-state index in [0.29, 0.717) is 36.1 Å². The summed E-state index contributed by atoms with van der Waals surface area (Å²) in [6.07, 6.45) is 1.07. The van der Waals surface area contributed by atoms with E-state index in [-0.39, 0.29) is 0 Å². The van der Waals surface area contributed by atoms with Crippen molar-refractivity contribution in [3.05, 3.63) is 48.0 Å². The maximum atomic E-state index is 12.7. The SMILES string of the molecule is Cc1cccc(NC(=O)[C@@H](C)N(c2ccc3c(c2)OCCO3)S(C)(=O)=O)c1. The summed E-state index contributed by atoms with van der Waals surface area (Å²) >= 11 is 0. The van der Waals surface area contributed by atoms with E-state index in [1.54, 1.807) is 31.2 Å². The van der Waals surface area contributed by atoms with Crippen LogP contribution < -0.4 is 19.1 Å². The molecule has 0 aromatic heterocycles. The zero-order valence-corrected chi connectivity index (χ0v) is 16.2. The maximum Gasteiger partial charge on any atom is 0.247 e. The van der Waals surface area contributed by atoms with Crippen molar-refractivity contribution in [2.75, 3.05) is 29.1 Å². The first-order chi connectivity index (χ1) is 12.8. The standard InChI is InChI=1S/C19H22N2O5S/c1-13-5-4-6-15(11-13)20-19(22)14(2)21(27(3,23)24)16-7-8-17-18(12-16)26-10-9-25-17/h4-8,11-12,14H,9-10H2,1-3H3,(H,20,22)/t14-/m1/s1. The van der Waals surface area contributed by atoms with Gasteiger partial charge >= 0.3 is 0 Å². The van der Waals surface area contributed by atoms with Crippen LogP contribution in [-0.4, -0.2) is 39.8 Å². The molecule has 8 heteroatoms. The molecule has 1 heterocycles. The number of aryl methyl sites for hydroxylation is 1. The van der Waals surface area contributed by atoms with Gasteiger partial charge in [-0.25, -0.2) is 8.42 Å². The largest absolute Gasteiger partial charge is 0.486 e. The van der Waals surface area contributed by atoms with Gasteiger partial charge in [-0.2, -0.15) is 0 Å². The van der Waals surface area contributed by atoms with Crippen molar-refractivity contribution >= 4 is 27.3 Å². The van der Waals surface area contributed by atoms with Crippen LogP contribution in [0.4, 0.5) is 11.4 Å². The summed E-state index contributed by atoms with van der Waals surface area (Å²) in [6, 6.07) is 11.2. The van der Waals surface area contributed by atoms with Crippen LogP contribution in [0, 0.1) is 6.92 Å². The Labute approximate surface area is 158 Å². The van der Waals surface area contributed by atoms with Gasteiger partial charge in [0.1, 0.15) is 19.3 Å². The van der Waals surface area contributed by atoms with Gasteiger partial charge < -0.3 is 14.8 Å². The van der Waals surface area contributed by atoms with Gasteiger partial charge in [-0.05, 0) is 43.7 Å². The smallest absolute Gasteiger partial charge is 0.247 e. The van der Waals surface area contributed by atoms with Crippen LogP contribution in [0.5, 0.6) is 11.5 Å². The molecule has 3 rings (SSSR count). The van der Waals surface area contributed by atoms with E-state index in [2.05, 4.69) is 5.32 Å². The van der Waals surface area contributed by atoms with Crippen LogP contribution in [0.2, 0.25) is 0 Å². The number of hydrogen-bond donors (Lipinski definition) is 1. The van der Waals surface area contributed by atoms with Gasteiger partial charge in [-0.15, -0.1) is 0 Å². The molecule has 2 aromatic rings.